The molecular weight excluding hydrogens is 297 g/mol. The predicted molar refractivity (Wildman–Crippen MR) is 72.6 cm³/mol. The van der Waals surface area contributed by atoms with E-state index >= 15 is 0 Å². The zero-order chi connectivity index (χ0) is 13.1. The summed E-state index contributed by atoms with van der Waals surface area (Å²) in [6, 6.07) is 4.28. The Hall–Kier alpha value is -1.20. The zero-order valence-electron chi connectivity index (χ0n) is 10.1. The fourth-order valence-corrected chi connectivity index (χ4v) is 2.46. The lowest BCUT2D eigenvalue weighted by atomic mass is 10.0. The molecular formula is C13H15BrFN3. The summed E-state index contributed by atoms with van der Waals surface area (Å²) in [4.78, 5) is 4.28. The number of nitrogens with two attached hydrogens (primary N) is 1. The molecule has 5 heteroatoms. The molecule has 0 aliphatic heterocycles. The van der Waals surface area contributed by atoms with E-state index < -0.39 is 0 Å². The van der Waals surface area contributed by atoms with E-state index in [9.17, 15) is 4.39 Å². The molecule has 0 saturated carbocycles. The van der Waals surface area contributed by atoms with Crippen molar-refractivity contribution >= 4 is 15.9 Å². The van der Waals surface area contributed by atoms with Crippen molar-refractivity contribution in [2.75, 3.05) is 0 Å². The number of imidazole rings is 1. The van der Waals surface area contributed by atoms with Crippen LogP contribution < -0.4 is 5.73 Å². The Labute approximate surface area is 114 Å². The molecule has 96 valence electrons. The normalized spacial score (nSPS) is 12.7. The fraction of sp³-hybridized carbons (Fsp3) is 0.308. The molecule has 0 bridgehead atoms. The van der Waals surface area contributed by atoms with Crippen LogP contribution in [0.2, 0.25) is 0 Å². The van der Waals surface area contributed by atoms with Gasteiger partial charge in [-0.15, -0.1) is 0 Å². The summed E-state index contributed by atoms with van der Waals surface area (Å²) in [5.74, 6) is 0.642. The molecule has 2 N–H and O–H groups in total. The van der Waals surface area contributed by atoms with Crippen molar-refractivity contribution < 1.29 is 4.39 Å². The predicted octanol–water partition coefficient (Wildman–Crippen LogP) is 3.05. The van der Waals surface area contributed by atoms with E-state index in [0.29, 0.717) is 6.42 Å². The Kier molecular flexibility index (Phi) is 4.14. The molecule has 1 unspecified atom stereocenters. The number of halogens is 2. The van der Waals surface area contributed by atoms with Crippen LogP contribution in [-0.4, -0.2) is 9.55 Å². The van der Waals surface area contributed by atoms with Crippen LogP contribution in [0, 0.1) is 5.82 Å². The molecule has 0 fully saturated rings. The van der Waals surface area contributed by atoms with Gasteiger partial charge < -0.3 is 10.3 Å². The van der Waals surface area contributed by atoms with Gasteiger partial charge in [-0.2, -0.15) is 0 Å². The van der Waals surface area contributed by atoms with Crippen LogP contribution in [0.3, 0.4) is 0 Å². The Morgan fingerprint density at radius 1 is 1.50 bits per heavy atom. The fourth-order valence-electron chi connectivity index (χ4n) is 1.92. The van der Waals surface area contributed by atoms with Crippen LogP contribution >= 0.6 is 15.9 Å². The first-order chi connectivity index (χ1) is 8.61. The lowest BCUT2D eigenvalue weighted by Gasteiger charge is -2.14. The minimum absolute atomic E-state index is 0.275. The maximum Gasteiger partial charge on any atom is 0.123 e. The monoisotopic (exact) mass is 311 g/mol. The summed E-state index contributed by atoms with van der Waals surface area (Å²) in [5, 5.41) is 0. The van der Waals surface area contributed by atoms with Gasteiger partial charge in [0.2, 0.25) is 0 Å². The maximum atomic E-state index is 13.2. The van der Waals surface area contributed by atoms with Crippen LogP contribution in [0.25, 0.3) is 0 Å². The minimum Gasteiger partial charge on any atom is -0.335 e. The third-order valence-corrected chi connectivity index (χ3v) is 3.62. The standard InChI is InChI=1S/C13H15BrFN3/c1-2-18-6-5-17-13(18)8-12(16)10-7-9(15)3-4-11(10)14/h3-7,12H,2,8,16H2,1H3. The van der Waals surface area contributed by atoms with E-state index in [2.05, 4.69) is 27.8 Å². The molecule has 0 aliphatic carbocycles. The lowest BCUT2D eigenvalue weighted by Crippen LogP contribution is -2.17. The highest BCUT2D eigenvalue weighted by atomic mass is 79.9. The van der Waals surface area contributed by atoms with Crippen molar-refractivity contribution in [1.29, 1.82) is 0 Å². The zero-order valence-corrected chi connectivity index (χ0v) is 11.7. The minimum atomic E-state index is -0.275. The highest BCUT2D eigenvalue weighted by molar-refractivity contribution is 9.10. The molecule has 0 saturated heterocycles. The number of rotatable bonds is 4. The van der Waals surface area contributed by atoms with E-state index in [0.717, 1.165) is 22.4 Å². The van der Waals surface area contributed by atoms with Crippen molar-refractivity contribution in [3.8, 4) is 0 Å². The molecule has 0 aliphatic rings. The van der Waals surface area contributed by atoms with Crippen molar-refractivity contribution in [3.63, 3.8) is 0 Å². The van der Waals surface area contributed by atoms with Crippen molar-refractivity contribution in [3.05, 3.63) is 52.3 Å². The van der Waals surface area contributed by atoms with Gasteiger partial charge in [-0.3, -0.25) is 0 Å². The molecule has 1 heterocycles. The van der Waals surface area contributed by atoms with Gasteiger partial charge >= 0.3 is 0 Å². The summed E-state index contributed by atoms with van der Waals surface area (Å²) in [5.41, 5.74) is 6.89. The van der Waals surface area contributed by atoms with Crippen LogP contribution in [-0.2, 0) is 13.0 Å². The van der Waals surface area contributed by atoms with Crippen molar-refractivity contribution in [1.82, 2.24) is 9.55 Å². The number of hydrogen-bond donors (Lipinski definition) is 1. The third-order valence-electron chi connectivity index (χ3n) is 2.90. The smallest absolute Gasteiger partial charge is 0.123 e. The number of aryl methyl sites for hydroxylation is 1. The summed E-state index contributed by atoms with van der Waals surface area (Å²) >= 11 is 3.40. The molecule has 0 amide bonds. The van der Waals surface area contributed by atoms with Gasteiger partial charge in [-0.1, -0.05) is 15.9 Å². The SMILES string of the molecule is CCn1ccnc1CC(N)c1cc(F)ccc1Br. The second kappa shape index (κ2) is 5.63. The quantitative estimate of drug-likeness (QED) is 0.943. The van der Waals surface area contributed by atoms with Gasteiger partial charge in [-0.25, -0.2) is 9.37 Å². The van der Waals surface area contributed by atoms with Gasteiger partial charge in [-0.05, 0) is 30.7 Å². The summed E-state index contributed by atoms with van der Waals surface area (Å²) in [6.45, 7) is 2.90. The number of benzene rings is 1. The molecule has 2 rings (SSSR count). The highest BCUT2D eigenvalue weighted by Gasteiger charge is 2.14. The Balaban J connectivity index is 2.21. The first-order valence-corrected chi connectivity index (χ1v) is 6.61. The Morgan fingerprint density at radius 3 is 3.00 bits per heavy atom. The Morgan fingerprint density at radius 2 is 2.28 bits per heavy atom. The molecule has 3 nitrogen and oxygen atoms in total. The number of nitrogens with zero attached hydrogens (tertiary/aromatic N) is 2. The second-order valence-electron chi connectivity index (χ2n) is 4.11. The van der Waals surface area contributed by atoms with Crippen molar-refractivity contribution in [2.24, 2.45) is 5.73 Å². The van der Waals surface area contributed by atoms with Crippen molar-refractivity contribution in [2.45, 2.75) is 25.9 Å². The molecule has 2 aromatic rings. The third kappa shape index (κ3) is 2.79. The number of hydrogen-bond acceptors (Lipinski definition) is 2. The van der Waals surface area contributed by atoms with Gasteiger partial charge in [0, 0.05) is 35.9 Å². The van der Waals surface area contributed by atoms with Gasteiger partial charge in [0.25, 0.3) is 0 Å². The second-order valence-corrected chi connectivity index (χ2v) is 4.96. The first-order valence-electron chi connectivity index (χ1n) is 5.82. The molecule has 0 spiro atoms. The maximum absolute atomic E-state index is 13.2. The highest BCUT2D eigenvalue weighted by Crippen LogP contribution is 2.25. The molecule has 0 radical (unpaired) electrons. The largest absolute Gasteiger partial charge is 0.335 e. The first kappa shape index (κ1) is 13.2. The van der Waals surface area contributed by atoms with Crippen LogP contribution in [0.5, 0.6) is 0 Å². The molecule has 1 aromatic heterocycles. The molecule has 18 heavy (non-hydrogen) atoms. The summed E-state index contributed by atoms with van der Waals surface area (Å²) in [7, 11) is 0. The van der Waals surface area contributed by atoms with E-state index in [1.54, 1.807) is 12.3 Å². The van der Waals surface area contributed by atoms with Gasteiger partial charge in [0.05, 0.1) is 0 Å². The van der Waals surface area contributed by atoms with Gasteiger partial charge in [0.1, 0.15) is 11.6 Å². The van der Waals surface area contributed by atoms with Crippen LogP contribution in [0.15, 0.2) is 35.1 Å². The van der Waals surface area contributed by atoms with Crippen LogP contribution in [0.4, 0.5) is 4.39 Å². The van der Waals surface area contributed by atoms with E-state index in [1.807, 2.05) is 10.8 Å². The van der Waals surface area contributed by atoms with Gasteiger partial charge in [0.15, 0.2) is 0 Å². The van der Waals surface area contributed by atoms with E-state index in [-0.39, 0.29) is 11.9 Å². The lowest BCUT2D eigenvalue weighted by molar-refractivity contribution is 0.604. The average molecular weight is 312 g/mol. The Bertz CT molecular complexity index is 539. The van der Waals surface area contributed by atoms with Crippen LogP contribution in [0.1, 0.15) is 24.4 Å². The van der Waals surface area contributed by atoms with E-state index in [4.69, 9.17) is 5.73 Å². The summed E-state index contributed by atoms with van der Waals surface area (Å²) < 4.78 is 16.1. The topological polar surface area (TPSA) is 43.8 Å². The number of aromatic nitrogens is 2. The van der Waals surface area contributed by atoms with E-state index in [1.165, 1.54) is 12.1 Å². The average Bonchev–Trinajstić information content (AvgIpc) is 2.79. The molecule has 1 aromatic carbocycles. The summed E-state index contributed by atoms with van der Waals surface area (Å²) in [6.07, 6.45) is 4.26. The molecule has 1 atom stereocenters.